The highest BCUT2D eigenvalue weighted by molar-refractivity contribution is 6.33. The summed E-state index contributed by atoms with van der Waals surface area (Å²) in [4.78, 5) is 36.4. The quantitative estimate of drug-likeness (QED) is 0.603. The minimum Gasteiger partial charge on any atom is -0.456 e. The van der Waals surface area contributed by atoms with Crippen LogP contribution in [0.4, 0.5) is 0 Å². The minimum absolute atomic E-state index is 0.102. The number of hydrogen-bond acceptors (Lipinski definition) is 6. The van der Waals surface area contributed by atoms with Gasteiger partial charge in [-0.2, -0.15) is 0 Å². The van der Waals surface area contributed by atoms with Gasteiger partial charge < -0.3 is 19.5 Å². The van der Waals surface area contributed by atoms with Crippen molar-refractivity contribution in [3.05, 3.63) is 58.6 Å². The molecule has 0 radical (unpaired) electrons. The van der Waals surface area contributed by atoms with E-state index in [2.05, 4.69) is 5.32 Å². The first kappa shape index (κ1) is 18.7. The van der Waals surface area contributed by atoms with E-state index < -0.39 is 30.3 Å². The molecule has 0 fully saturated rings. The van der Waals surface area contributed by atoms with Crippen LogP contribution >= 0.6 is 11.6 Å². The molecular formula is C19H16ClNO6. The molecule has 0 aliphatic carbocycles. The van der Waals surface area contributed by atoms with Gasteiger partial charge in [0.2, 0.25) is 6.79 Å². The Morgan fingerprint density at radius 2 is 1.89 bits per heavy atom. The lowest BCUT2D eigenvalue weighted by Crippen LogP contribution is -2.40. The number of rotatable bonds is 6. The van der Waals surface area contributed by atoms with Crippen molar-refractivity contribution >= 4 is 29.3 Å². The third-order valence-electron chi connectivity index (χ3n) is 3.86. The van der Waals surface area contributed by atoms with E-state index in [4.69, 9.17) is 25.8 Å². The Labute approximate surface area is 160 Å². The van der Waals surface area contributed by atoms with Crippen molar-refractivity contribution < 1.29 is 28.6 Å². The van der Waals surface area contributed by atoms with Crippen LogP contribution in [0.1, 0.15) is 27.6 Å². The molecule has 140 valence electrons. The van der Waals surface area contributed by atoms with Gasteiger partial charge in [0.25, 0.3) is 5.91 Å². The summed E-state index contributed by atoms with van der Waals surface area (Å²) in [5.41, 5.74) is 0.579. The molecule has 0 bridgehead atoms. The maximum Gasteiger partial charge on any atom is 0.328 e. The zero-order valence-corrected chi connectivity index (χ0v) is 15.1. The molecule has 0 aromatic heterocycles. The second-order valence-electron chi connectivity index (χ2n) is 5.77. The zero-order chi connectivity index (χ0) is 19.4. The maximum atomic E-state index is 12.2. The topological polar surface area (TPSA) is 90.9 Å². The second-order valence-corrected chi connectivity index (χ2v) is 6.18. The molecule has 1 N–H and O–H groups in total. The van der Waals surface area contributed by atoms with Crippen molar-refractivity contribution in [3.8, 4) is 11.5 Å². The number of Topliss-reactive ketones (excluding diaryl/α,β-unsaturated/α-hetero) is 1. The molecule has 1 amide bonds. The first-order valence-electron chi connectivity index (χ1n) is 8.10. The number of benzene rings is 2. The molecule has 2 aromatic carbocycles. The molecule has 0 unspecified atom stereocenters. The molecule has 1 atom stereocenters. The molecule has 27 heavy (non-hydrogen) atoms. The van der Waals surface area contributed by atoms with Gasteiger partial charge in [-0.3, -0.25) is 9.59 Å². The molecule has 0 saturated carbocycles. The van der Waals surface area contributed by atoms with Crippen LogP contribution in [-0.2, 0) is 9.53 Å². The van der Waals surface area contributed by atoms with Crippen LogP contribution in [0.3, 0.4) is 0 Å². The van der Waals surface area contributed by atoms with Crippen LogP contribution in [-0.4, -0.2) is 37.1 Å². The minimum atomic E-state index is -0.946. The van der Waals surface area contributed by atoms with Crippen molar-refractivity contribution in [2.24, 2.45) is 0 Å². The molecule has 7 nitrogen and oxygen atoms in total. The fourth-order valence-corrected chi connectivity index (χ4v) is 2.62. The smallest absolute Gasteiger partial charge is 0.328 e. The SMILES string of the molecule is C[C@@H](NC(=O)c1ccccc1Cl)C(=O)OCC(=O)c1ccc2c(c1)OCO2. The molecule has 3 rings (SSSR count). The summed E-state index contributed by atoms with van der Waals surface area (Å²) in [6.45, 7) is 1.11. The number of carbonyl (C=O) groups is 3. The average Bonchev–Trinajstić information content (AvgIpc) is 3.13. The molecule has 1 aliphatic rings. The maximum absolute atomic E-state index is 12.2. The van der Waals surface area contributed by atoms with Gasteiger partial charge in [0, 0.05) is 5.56 Å². The first-order valence-corrected chi connectivity index (χ1v) is 8.48. The number of amides is 1. The molecular weight excluding hydrogens is 374 g/mol. The van der Waals surface area contributed by atoms with E-state index in [-0.39, 0.29) is 17.4 Å². The highest BCUT2D eigenvalue weighted by Crippen LogP contribution is 2.32. The number of nitrogens with one attached hydrogen (secondary N) is 1. The second kappa shape index (κ2) is 8.09. The monoisotopic (exact) mass is 389 g/mol. The Hall–Kier alpha value is -3.06. The normalized spacial score (nSPS) is 13.0. The van der Waals surface area contributed by atoms with Gasteiger partial charge in [-0.05, 0) is 37.3 Å². The van der Waals surface area contributed by atoms with Crippen LogP contribution in [0.2, 0.25) is 5.02 Å². The van der Waals surface area contributed by atoms with Gasteiger partial charge in [0.15, 0.2) is 23.9 Å². The number of ether oxygens (including phenoxy) is 3. The Balaban J connectivity index is 1.53. The van der Waals surface area contributed by atoms with Crippen LogP contribution < -0.4 is 14.8 Å². The Morgan fingerprint density at radius 1 is 1.15 bits per heavy atom. The van der Waals surface area contributed by atoms with Crippen molar-refractivity contribution in [2.45, 2.75) is 13.0 Å². The van der Waals surface area contributed by atoms with E-state index in [0.717, 1.165) is 0 Å². The van der Waals surface area contributed by atoms with E-state index in [1.165, 1.54) is 13.0 Å². The highest BCUT2D eigenvalue weighted by Gasteiger charge is 2.21. The fourth-order valence-electron chi connectivity index (χ4n) is 2.39. The predicted molar refractivity (Wildman–Crippen MR) is 96.2 cm³/mol. The molecule has 8 heteroatoms. The van der Waals surface area contributed by atoms with Crippen molar-refractivity contribution in [1.29, 1.82) is 0 Å². The standard InChI is InChI=1S/C19H16ClNO6/c1-11(21-18(23)13-4-2-3-5-14(13)20)19(24)25-9-15(22)12-6-7-16-17(8-12)27-10-26-16/h2-8,11H,9-10H2,1H3,(H,21,23)/t11-/m1/s1. The Kier molecular flexibility index (Phi) is 5.61. The summed E-state index contributed by atoms with van der Waals surface area (Å²) in [7, 11) is 0. The largest absolute Gasteiger partial charge is 0.456 e. The van der Waals surface area contributed by atoms with E-state index >= 15 is 0 Å². The van der Waals surface area contributed by atoms with Crippen LogP contribution in [0.5, 0.6) is 11.5 Å². The van der Waals surface area contributed by atoms with Crippen LogP contribution in [0, 0.1) is 0 Å². The van der Waals surface area contributed by atoms with Gasteiger partial charge in [-0.15, -0.1) is 0 Å². The van der Waals surface area contributed by atoms with E-state index in [0.29, 0.717) is 17.1 Å². The number of esters is 1. The Morgan fingerprint density at radius 3 is 2.67 bits per heavy atom. The molecule has 0 saturated heterocycles. The molecule has 2 aromatic rings. The molecule has 0 spiro atoms. The molecule has 1 aliphatic heterocycles. The van der Waals surface area contributed by atoms with Gasteiger partial charge in [0.1, 0.15) is 6.04 Å². The third-order valence-corrected chi connectivity index (χ3v) is 4.19. The predicted octanol–water partition coefficient (Wildman–Crippen LogP) is 2.61. The number of halogens is 1. The summed E-state index contributed by atoms with van der Waals surface area (Å²) in [6.07, 6.45) is 0. The van der Waals surface area contributed by atoms with Gasteiger partial charge >= 0.3 is 5.97 Å². The lowest BCUT2D eigenvalue weighted by Gasteiger charge is -2.13. The van der Waals surface area contributed by atoms with Gasteiger partial charge in [-0.25, -0.2) is 4.79 Å². The average molecular weight is 390 g/mol. The summed E-state index contributed by atoms with van der Waals surface area (Å²) in [5.74, 6) is -0.616. The summed E-state index contributed by atoms with van der Waals surface area (Å²) < 4.78 is 15.4. The van der Waals surface area contributed by atoms with Crippen molar-refractivity contribution in [1.82, 2.24) is 5.32 Å². The molecule has 1 heterocycles. The number of hydrogen-bond donors (Lipinski definition) is 1. The highest BCUT2D eigenvalue weighted by atomic mass is 35.5. The number of carbonyl (C=O) groups excluding carboxylic acids is 3. The Bertz CT molecular complexity index is 898. The lowest BCUT2D eigenvalue weighted by atomic mass is 10.1. The number of ketones is 1. The summed E-state index contributed by atoms with van der Waals surface area (Å²) >= 11 is 5.95. The first-order chi connectivity index (χ1) is 13.0. The van der Waals surface area contributed by atoms with E-state index in [1.54, 1.807) is 36.4 Å². The van der Waals surface area contributed by atoms with Crippen molar-refractivity contribution in [3.63, 3.8) is 0 Å². The summed E-state index contributed by atoms with van der Waals surface area (Å²) in [5, 5.41) is 2.76. The van der Waals surface area contributed by atoms with Crippen LogP contribution in [0.25, 0.3) is 0 Å². The van der Waals surface area contributed by atoms with Gasteiger partial charge in [-0.1, -0.05) is 23.7 Å². The van der Waals surface area contributed by atoms with E-state index in [1.807, 2.05) is 0 Å². The summed E-state index contributed by atoms with van der Waals surface area (Å²) in [6, 6.07) is 10.2. The number of fused-ring (bicyclic) bond motifs is 1. The van der Waals surface area contributed by atoms with Crippen molar-refractivity contribution in [2.75, 3.05) is 13.4 Å². The fraction of sp³-hybridized carbons (Fsp3) is 0.211. The van der Waals surface area contributed by atoms with Gasteiger partial charge in [0.05, 0.1) is 10.6 Å². The third kappa shape index (κ3) is 4.38. The lowest BCUT2D eigenvalue weighted by molar-refractivity contribution is -0.144. The van der Waals surface area contributed by atoms with Crippen LogP contribution in [0.15, 0.2) is 42.5 Å². The van der Waals surface area contributed by atoms with E-state index in [9.17, 15) is 14.4 Å². The zero-order valence-electron chi connectivity index (χ0n) is 14.4.